The van der Waals surface area contributed by atoms with Gasteiger partial charge < -0.3 is 20.3 Å². The van der Waals surface area contributed by atoms with Crippen LogP contribution in [0.25, 0.3) is 0 Å². The first-order chi connectivity index (χ1) is 15.4. The molecular formula is C25H29N3O4. The molecule has 0 saturated carbocycles. The van der Waals surface area contributed by atoms with Gasteiger partial charge >= 0.3 is 0 Å². The van der Waals surface area contributed by atoms with Crippen molar-refractivity contribution in [3.63, 3.8) is 0 Å². The van der Waals surface area contributed by atoms with Crippen LogP contribution >= 0.6 is 0 Å². The van der Waals surface area contributed by atoms with E-state index >= 15 is 0 Å². The Morgan fingerprint density at radius 1 is 1.12 bits per heavy atom. The van der Waals surface area contributed by atoms with Crippen LogP contribution < -0.4 is 15.5 Å². The molecule has 2 fully saturated rings. The molecular weight excluding hydrogens is 406 g/mol. The maximum atomic E-state index is 13.0. The molecule has 2 heterocycles. The predicted molar refractivity (Wildman–Crippen MR) is 123 cm³/mol. The monoisotopic (exact) mass is 435 g/mol. The van der Waals surface area contributed by atoms with E-state index in [1.165, 1.54) is 0 Å². The summed E-state index contributed by atoms with van der Waals surface area (Å²) in [6.07, 6.45) is 2.13. The van der Waals surface area contributed by atoms with Gasteiger partial charge in [0, 0.05) is 31.8 Å². The SMILES string of the molecule is Cc1cccc(N2C[C@H](C(=O)Nc3ccccc3C(=O)NC[C@@H]3CCCO3)CC2=O)c1C. The number of amides is 3. The van der Waals surface area contributed by atoms with Crippen molar-refractivity contribution in [2.24, 2.45) is 5.92 Å². The fourth-order valence-electron chi connectivity index (χ4n) is 4.28. The highest BCUT2D eigenvalue weighted by atomic mass is 16.5. The van der Waals surface area contributed by atoms with Crippen LogP contribution in [0.1, 0.15) is 40.7 Å². The molecule has 2 aliphatic heterocycles. The van der Waals surface area contributed by atoms with Crippen molar-refractivity contribution < 1.29 is 19.1 Å². The number of nitrogens with zero attached hydrogens (tertiary/aromatic N) is 1. The molecule has 2 aromatic carbocycles. The highest BCUT2D eigenvalue weighted by molar-refractivity contribution is 6.07. The maximum Gasteiger partial charge on any atom is 0.253 e. The molecule has 0 spiro atoms. The molecule has 0 unspecified atom stereocenters. The molecule has 2 aliphatic rings. The van der Waals surface area contributed by atoms with Crippen molar-refractivity contribution >= 4 is 29.1 Å². The lowest BCUT2D eigenvalue weighted by molar-refractivity contribution is -0.122. The summed E-state index contributed by atoms with van der Waals surface area (Å²) in [7, 11) is 0. The quantitative estimate of drug-likeness (QED) is 0.729. The van der Waals surface area contributed by atoms with Gasteiger partial charge in [0.15, 0.2) is 0 Å². The molecule has 0 radical (unpaired) electrons. The molecule has 0 bridgehead atoms. The summed E-state index contributed by atoms with van der Waals surface area (Å²) in [5, 5.41) is 5.76. The summed E-state index contributed by atoms with van der Waals surface area (Å²) in [5.74, 6) is -1.06. The first kappa shape index (κ1) is 22.0. The van der Waals surface area contributed by atoms with Gasteiger partial charge in [-0.1, -0.05) is 24.3 Å². The number of para-hydroxylation sites is 1. The van der Waals surface area contributed by atoms with Crippen LogP contribution in [0.4, 0.5) is 11.4 Å². The lowest BCUT2D eigenvalue weighted by Crippen LogP contribution is -2.33. The molecule has 7 nitrogen and oxygen atoms in total. The fraction of sp³-hybridized carbons (Fsp3) is 0.400. The van der Waals surface area contributed by atoms with E-state index in [9.17, 15) is 14.4 Å². The van der Waals surface area contributed by atoms with Crippen LogP contribution in [0.3, 0.4) is 0 Å². The van der Waals surface area contributed by atoms with Gasteiger partial charge in [0.25, 0.3) is 5.91 Å². The number of rotatable bonds is 6. The van der Waals surface area contributed by atoms with E-state index < -0.39 is 5.92 Å². The maximum absolute atomic E-state index is 13.0. The summed E-state index contributed by atoms with van der Waals surface area (Å²) in [6.45, 7) is 5.49. The van der Waals surface area contributed by atoms with Crippen molar-refractivity contribution in [2.75, 3.05) is 29.9 Å². The van der Waals surface area contributed by atoms with Crippen LogP contribution in [0.15, 0.2) is 42.5 Å². The van der Waals surface area contributed by atoms with Gasteiger partial charge in [-0.15, -0.1) is 0 Å². The Morgan fingerprint density at radius 2 is 1.94 bits per heavy atom. The summed E-state index contributed by atoms with van der Waals surface area (Å²) in [6, 6.07) is 12.8. The van der Waals surface area contributed by atoms with E-state index in [4.69, 9.17) is 4.74 Å². The minimum Gasteiger partial charge on any atom is -0.376 e. The average molecular weight is 436 g/mol. The zero-order valence-electron chi connectivity index (χ0n) is 18.5. The molecule has 2 atom stereocenters. The van der Waals surface area contributed by atoms with Crippen molar-refractivity contribution in [3.8, 4) is 0 Å². The summed E-state index contributed by atoms with van der Waals surface area (Å²) in [5.41, 5.74) is 3.83. The lowest BCUT2D eigenvalue weighted by Gasteiger charge is -2.20. The van der Waals surface area contributed by atoms with Crippen molar-refractivity contribution in [1.29, 1.82) is 0 Å². The second-order valence-electron chi connectivity index (χ2n) is 8.50. The molecule has 0 aromatic heterocycles. The van der Waals surface area contributed by atoms with Crippen LogP contribution in [0.5, 0.6) is 0 Å². The van der Waals surface area contributed by atoms with E-state index in [0.717, 1.165) is 36.3 Å². The normalized spacial score (nSPS) is 20.4. The molecule has 2 N–H and O–H groups in total. The standard InChI is InChI=1S/C25H29N3O4/c1-16-7-5-11-22(17(16)2)28-15-18(13-23(28)29)24(30)27-21-10-4-3-9-20(21)25(31)26-14-19-8-6-12-32-19/h3-5,7,9-11,18-19H,6,8,12-15H2,1-2H3,(H,26,31)(H,27,30)/t18-,19+/m1/s1. The third-order valence-corrected chi connectivity index (χ3v) is 6.31. The lowest BCUT2D eigenvalue weighted by atomic mass is 10.1. The summed E-state index contributed by atoms with van der Waals surface area (Å²) >= 11 is 0. The number of ether oxygens (including phenoxy) is 1. The molecule has 3 amide bonds. The van der Waals surface area contributed by atoms with Crippen LogP contribution in [-0.4, -0.2) is 43.5 Å². The van der Waals surface area contributed by atoms with Crippen LogP contribution in [-0.2, 0) is 14.3 Å². The van der Waals surface area contributed by atoms with Gasteiger partial charge in [-0.05, 0) is 56.0 Å². The number of benzene rings is 2. The predicted octanol–water partition coefficient (Wildman–Crippen LogP) is 3.20. The first-order valence-electron chi connectivity index (χ1n) is 11.1. The minimum atomic E-state index is -0.481. The van der Waals surface area contributed by atoms with Crippen LogP contribution in [0, 0.1) is 19.8 Å². The number of aryl methyl sites for hydroxylation is 1. The molecule has 4 rings (SSSR count). The van der Waals surface area contributed by atoms with E-state index in [0.29, 0.717) is 24.3 Å². The van der Waals surface area contributed by atoms with Gasteiger partial charge in [0.2, 0.25) is 11.8 Å². The number of carbonyl (C=O) groups excluding carboxylic acids is 3. The number of nitrogens with one attached hydrogen (secondary N) is 2. The van der Waals surface area contributed by atoms with E-state index in [2.05, 4.69) is 10.6 Å². The number of anilines is 2. The molecule has 0 aliphatic carbocycles. The summed E-state index contributed by atoms with van der Waals surface area (Å²) in [4.78, 5) is 40.0. The Bertz CT molecular complexity index is 1030. The highest BCUT2D eigenvalue weighted by Crippen LogP contribution is 2.30. The molecule has 32 heavy (non-hydrogen) atoms. The second kappa shape index (κ2) is 9.53. The Morgan fingerprint density at radius 3 is 2.72 bits per heavy atom. The van der Waals surface area contributed by atoms with Crippen molar-refractivity contribution in [3.05, 3.63) is 59.2 Å². The molecule has 2 aromatic rings. The Labute approximate surface area is 188 Å². The fourth-order valence-corrected chi connectivity index (χ4v) is 4.28. The third kappa shape index (κ3) is 4.67. The molecule has 168 valence electrons. The van der Waals surface area contributed by atoms with Crippen LogP contribution in [0.2, 0.25) is 0 Å². The smallest absolute Gasteiger partial charge is 0.253 e. The zero-order chi connectivity index (χ0) is 22.7. The largest absolute Gasteiger partial charge is 0.376 e. The number of hydrogen-bond donors (Lipinski definition) is 2. The van der Waals surface area contributed by atoms with E-state index in [1.807, 2.05) is 32.0 Å². The molecule has 2 saturated heterocycles. The highest BCUT2D eigenvalue weighted by Gasteiger charge is 2.36. The Balaban J connectivity index is 1.42. The number of carbonyl (C=O) groups is 3. The molecule has 7 heteroatoms. The zero-order valence-corrected chi connectivity index (χ0v) is 18.5. The second-order valence-corrected chi connectivity index (χ2v) is 8.50. The van der Waals surface area contributed by atoms with Gasteiger partial charge in [-0.25, -0.2) is 0 Å². The van der Waals surface area contributed by atoms with Crippen molar-refractivity contribution in [1.82, 2.24) is 5.32 Å². The van der Waals surface area contributed by atoms with E-state index in [1.54, 1.807) is 29.2 Å². The van der Waals surface area contributed by atoms with Gasteiger partial charge in [0.05, 0.1) is 23.3 Å². The van der Waals surface area contributed by atoms with E-state index in [-0.39, 0.29) is 30.2 Å². The van der Waals surface area contributed by atoms with Gasteiger partial charge in [-0.3, -0.25) is 14.4 Å². The topological polar surface area (TPSA) is 87.7 Å². The van der Waals surface area contributed by atoms with Gasteiger partial charge in [-0.2, -0.15) is 0 Å². The van der Waals surface area contributed by atoms with Crippen molar-refractivity contribution in [2.45, 2.75) is 39.2 Å². The third-order valence-electron chi connectivity index (χ3n) is 6.31. The van der Waals surface area contributed by atoms with Gasteiger partial charge in [0.1, 0.15) is 0 Å². The Kier molecular flexibility index (Phi) is 6.55. The summed E-state index contributed by atoms with van der Waals surface area (Å²) < 4.78 is 5.55. The average Bonchev–Trinajstić information content (AvgIpc) is 3.44. The minimum absolute atomic E-state index is 0.0428. The number of hydrogen-bond acceptors (Lipinski definition) is 4. The Hall–Kier alpha value is -3.19. The first-order valence-corrected chi connectivity index (χ1v) is 11.1.